The Morgan fingerprint density at radius 3 is 2.31 bits per heavy atom. The molecule has 4 aromatic rings. The summed E-state index contributed by atoms with van der Waals surface area (Å²) in [4.78, 5) is 25.1. The summed E-state index contributed by atoms with van der Waals surface area (Å²) in [6.07, 6.45) is 1.19. The number of nitrogens with one attached hydrogen (secondary N) is 1. The Labute approximate surface area is 214 Å². The molecule has 0 fully saturated rings. The summed E-state index contributed by atoms with van der Waals surface area (Å²) in [5, 5.41) is 3.61. The quantitative estimate of drug-likeness (QED) is 0.304. The molecular weight excluding hydrogens is 496 g/mol. The van der Waals surface area contributed by atoms with Crippen LogP contribution < -0.4 is 9.62 Å². The van der Waals surface area contributed by atoms with Gasteiger partial charge in [0.05, 0.1) is 35.5 Å². The number of amides is 1. The minimum Gasteiger partial charge on any atom is -0.462 e. The molecule has 1 amide bonds. The molecule has 0 atom stereocenters. The molecule has 1 aromatic heterocycles. The van der Waals surface area contributed by atoms with Gasteiger partial charge in [0.1, 0.15) is 0 Å². The highest BCUT2D eigenvalue weighted by atomic mass is 32.2. The van der Waals surface area contributed by atoms with E-state index in [4.69, 9.17) is 4.74 Å². The lowest BCUT2D eigenvalue weighted by atomic mass is 10.1. The minimum atomic E-state index is -3.53. The summed E-state index contributed by atoms with van der Waals surface area (Å²) in [5.41, 5.74) is 3.47. The Bertz CT molecular complexity index is 1510. The van der Waals surface area contributed by atoms with E-state index < -0.39 is 16.0 Å². The van der Waals surface area contributed by atoms with Crippen molar-refractivity contribution in [1.82, 2.24) is 0 Å². The average molecular weight is 523 g/mol. The van der Waals surface area contributed by atoms with Crippen molar-refractivity contribution in [3.05, 3.63) is 94.4 Å². The number of fused-ring (bicyclic) bond motifs is 1. The second-order valence-corrected chi connectivity index (χ2v) is 11.3. The van der Waals surface area contributed by atoms with Crippen molar-refractivity contribution < 1.29 is 22.7 Å². The first-order valence-corrected chi connectivity index (χ1v) is 14.0. The molecule has 186 valence electrons. The molecule has 9 heteroatoms. The summed E-state index contributed by atoms with van der Waals surface area (Å²) in [5.74, 6) is -0.706. The summed E-state index contributed by atoms with van der Waals surface area (Å²) < 4.78 is 32.4. The van der Waals surface area contributed by atoms with Gasteiger partial charge < -0.3 is 10.1 Å². The van der Waals surface area contributed by atoms with E-state index in [1.807, 2.05) is 37.3 Å². The van der Waals surface area contributed by atoms with Crippen LogP contribution in [-0.4, -0.2) is 33.2 Å². The number of hydrogen-bond donors (Lipinski definition) is 1. The molecular formula is C27H26N2O5S2. The van der Waals surface area contributed by atoms with Crippen LogP contribution in [0.25, 0.3) is 10.1 Å². The van der Waals surface area contributed by atoms with E-state index in [1.54, 1.807) is 49.4 Å². The van der Waals surface area contributed by atoms with Gasteiger partial charge in [-0.2, -0.15) is 0 Å². The standard InChI is InChI=1S/C27H26N2O5S2/c1-4-34-27(31)20-9-11-22(12-10-20)28-26(30)25-16-21-15-23(13-14-24(21)35-25)29(36(3,32)33)17-19-7-5-18(2)6-8-19/h5-16H,4,17H2,1-3H3,(H,28,30). The number of esters is 1. The van der Waals surface area contributed by atoms with E-state index in [0.29, 0.717) is 28.4 Å². The van der Waals surface area contributed by atoms with Crippen molar-refractivity contribution in [3.63, 3.8) is 0 Å². The molecule has 0 aliphatic heterocycles. The number of ether oxygens (including phenoxy) is 1. The van der Waals surface area contributed by atoms with Crippen LogP contribution in [0, 0.1) is 6.92 Å². The van der Waals surface area contributed by atoms with E-state index in [1.165, 1.54) is 21.9 Å². The van der Waals surface area contributed by atoms with Crippen LogP contribution in [0.3, 0.4) is 0 Å². The zero-order valence-corrected chi connectivity index (χ0v) is 21.8. The van der Waals surface area contributed by atoms with Gasteiger partial charge in [0.2, 0.25) is 10.0 Å². The fraction of sp³-hybridized carbons (Fsp3) is 0.185. The number of rotatable bonds is 8. The number of carbonyl (C=O) groups is 2. The second-order valence-electron chi connectivity index (χ2n) is 8.34. The van der Waals surface area contributed by atoms with E-state index in [9.17, 15) is 18.0 Å². The Kier molecular flexibility index (Phi) is 7.42. The number of benzene rings is 3. The maximum absolute atomic E-state index is 12.9. The average Bonchev–Trinajstić information content (AvgIpc) is 3.27. The molecule has 0 unspecified atom stereocenters. The van der Waals surface area contributed by atoms with Gasteiger partial charge in [0.25, 0.3) is 5.91 Å². The minimum absolute atomic E-state index is 0.212. The van der Waals surface area contributed by atoms with Crippen molar-refractivity contribution in [2.45, 2.75) is 20.4 Å². The fourth-order valence-corrected chi connectivity index (χ4v) is 5.47. The van der Waals surface area contributed by atoms with Gasteiger partial charge in [-0.3, -0.25) is 9.10 Å². The molecule has 4 rings (SSSR count). The van der Waals surface area contributed by atoms with Crippen LogP contribution in [-0.2, 0) is 21.3 Å². The van der Waals surface area contributed by atoms with E-state index in [2.05, 4.69) is 5.32 Å². The molecule has 0 aliphatic carbocycles. The lowest BCUT2D eigenvalue weighted by Gasteiger charge is -2.22. The summed E-state index contributed by atoms with van der Waals surface area (Å²) in [6, 6.07) is 21.3. The van der Waals surface area contributed by atoms with Gasteiger partial charge in [0.15, 0.2) is 0 Å². The summed E-state index contributed by atoms with van der Waals surface area (Å²) in [6.45, 7) is 4.22. The molecule has 0 bridgehead atoms. The van der Waals surface area contributed by atoms with Crippen LogP contribution in [0.15, 0.2) is 72.8 Å². The summed E-state index contributed by atoms with van der Waals surface area (Å²) in [7, 11) is -3.53. The maximum atomic E-state index is 12.9. The number of carbonyl (C=O) groups excluding carboxylic acids is 2. The van der Waals surface area contributed by atoms with Crippen LogP contribution in [0.2, 0.25) is 0 Å². The molecule has 0 spiro atoms. The van der Waals surface area contributed by atoms with E-state index >= 15 is 0 Å². The van der Waals surface area contributed by atoms with Gasteiger partial charge >= 0.3 is 5.97 Å². The van der Waals surface area contributed by atoms with E-state index in [-0.39, 0.29) is 12.5 Å². The smallest absolute Gasteiger partial charge is 0.338 e. The normalized spacial score (nSPS) is 11.3. The van der Waals surface area contributed by atoms with Gasteiger partial charge in [-0.05, 0) is 73.3 Å². The Morgan fingerprint density at radius 2 is 1.67 bits per heavy atom. The lowest BCUT2D eigenvalue weighted by Crippen LogP contribution is -2.29. The van der Waals surface area contributed by atoms with Crippen LogP contribution in [0.5, 0.6) is 0 Å². The SMILES string of the molecule is CCOC(=O)c1ccc(NC(=O)c2cc3cc(N(Cc4ccc(C)cc4)S(C)(=O)=O)ccc3s2)cc1. The molecule has 7 nitrogen and oxygen atoms in total. The highest BCUT2D eigenvalue weighted by molar-refractivity contribution is 7.92. The summed E-state index contributed by atoms with van der Waals surface area (Å²) >= 11 is 1.32. The van der Waals surface area contributed by atoms with Crippen molar-refractivity contribution in [2.75, 3.05) is 22.5 Å². The number of nitrogens with zero attached hydrogens (tertiary/aromatic N) is 1. The van der Waals surface area contributed by atoms with Crippen LogP contribution >= 0.6 is 11.3 Å². The topological polar surface area (TPSA) is 92.8 Å². The lowest BCUT2D eigenvalue weighted by molar-refractivity contribution is 0.0526. The molecule has 0 saturated heterocycles. The second kappa shape index (κ2) is 10.5. The van der Waals surface area contributed by atoms with Crippen LogP contribution in [0.4, 0.5) is 11.4 Å². The molecule has 3 aromatic carbocycles. The highest BCUT2D eigenvalue weighted by Crippen LogP contribution is 2.31. The number of hydrogen-bond acceptors (Lipinski definition) is 6. The van der Waals surface area contributed by atoms with Gasteiger partial charge in [-0.15, -0.1) is 11.3 Å². The molecule has 0 saturated carbocycles. The van der Waals surface area contributed by atoms with Crippen LogP contribution in [0.1, 0.15) is 38.1 Å². The van der Waals surface area contributed by atoms with Crippen molar-refractivity contribution >= 4 is 54.7 Å². The molecule has 36 heavy (non-hydrogen) atoms. The van der Waals surface area contributed by atoms with Gasteiger partial charge in [-0.1, -0.05) is 29.8 Å². The van der Waals surface area contributed by atoms with E-state index in [0.717, 1.165) is 21.2 Å². The van der Waals surface area contributed by atoms with Crippen molar-refractivity contribution in [1.29, 1.82) is 0 Å². The third kappa shape index (κ3) is 5.92. The molecule has 0 aliphatic rings. The predicted molar refractivity (Wildman–Crippen MR) is 144 cm³/mol. The molecule has 1 heterocycles. The van der Waals surface area contributed by atoms with Crippen molar-refractivity contribution in [2.24, 2.45) is 0 Å². The molecule has 0 radical (unpaired) electrons. The monoisotopic (exact) mass is 522 g/mol. The molecule has 1 N–H and O–H groups in total. The fourth-order valence-electron chi connectivity index (χ4n) is 3.65. The van der Waals surface area contributed by atoms with Gasteiger partial charge in [0, 0.05) is 10.4 Å². The first-order chi connectivity index (χ1) is 17.1. The number of aryl methyl sites for hydroxylation is 1. The Balaban J connectivity index is 1.55. The largest absolute Gasteiger partial charge is 0.462 e. The zero-order chi connectivity index (χ0) is 25.9. The Hall–Kier alpha value is -3.69. The zero-order valence-electron chi connectivity index (χ0n) is 20.1. The number of sulfonamides is 1. The first-order valence-electron chi connectivity index (χ1n) is 11.3. The predicted octanol–water partition coefficient (Wildman–Crippen LogP) is 5.60. The third-order valence-corrected chi connectivity index (χ3v) is 7.77. The number of thiophene rings is 1. The highest BCUT2D eigenvalue weighted by Gasteiger charge is 2.19. The van der Waals surface area contributed by atoms with Gasteiger partial charge in [-0.25, -0.2) is 13.2 Å². The van der Waals surface area contributed by atoms with Crippen molar-refractivity contribution in [3.8, 4) is 0 Å². The number of anilines is 2. The Morgan fingerprint density at radius 1 is 0.972 bits per heavy atom. The maximum Gasteiger partial charge on any atom is 0.338 e. The third-order valence-electron chi connectivity index (χ3n) is 5.51. The first kappa shape index (κ1) is 25.4.